The third kappa shape index (κ3) is 7.07. The number of aliphatic hydroxyl groups is 1. The molecule has 38 heavy (non-hydrogen) atoms. The fourth-order valence-corrected chi connectivity index (χ4v) is 4.50. The van der Waals surface area contributed by atoms with Crippen LogP contribution in [0.4, 0.5) is 0 Å². The van der Waals surface area contributed by atoms with Crippen LogP contribution in [0.5, 0.6) is 23.0 Å². The van der Waals surface area contributed by atoms with Crippen molar-refractivity contribution >= 4 is 5.78 Å². The van der Waals surface area contributed by atoms with Gasteiger partial charge in [-0.1, -0.05) is 50.1 Å². The lowest BCUT2D eigenvalue weighted by molar-refractivity contribution is 0.0812. The van der Waals surface area contributed by atoms with E-state index in [-0.39, 0.29) is 24.6 Å². The van der Waals surface area contributed by atoms with Crippen LogP contribution in [0, 0.1) is 0 Å². The van der Waals surface area contributed by atoms with E-state index in [1.807, 2.05) is 50.2 Å². The quantitative estimate of drug-likeness (QED) is 0.201. The summed E-state index contributed by atoms with van der Waals surface area (Å²) in [5.41, 5.74) is 2.68. The lowest BCUT2D eigenvalue weighted by Crippen LogP contribution is -2.33. The lowest BCUT2D eigenvalue weighted by atomic mass is 9.92. The summed E-state index contributed by atoms with van der Waals surface area (Å²) in [6.45, 7) is 6.82. The Morgan fingerprint density at radius 3 is 2.58 bits per heavy atom. The van der Waals surface area contributed by atoms with Gasteiger partial charge in [0.15, 0.2) is 6.61 Å². The molecule has 6 heteroatoms. The molecule has 202 valence electrons. The summed E-state index contributed by atoms with van der Waals surface area (Å²) >= 11 is 0. The molecule has 6 nitrogen and oxygen atoms in total. The number of ketones is 1. The highest BCUT2D eigenvalue weighted by atomic mass is 16.5. The number of hydrogen-bond donors (Lipinski definition) is 1. The Hall–Kier alpha value is -3.51. The van der Waals surface area contributed by atoms with E-state index in [9.17, 15) is 9.90 Å². The van der Waals surface area contributed by atoms with Gasteiger partial charge in [0.25, 0.3) is 0 Å². The minimum atomic E-state index is -0.272. The van der Waals surface area contributed by atoms with E-state index in [1.165, 1.54) is 0 Å². The molecule has 4 rings (SSSR count). The van der Waals surface area contributed by atoms with Crippen LogP contribution < -0.4 is 18.9 Å². The van der Waals surface area contributed by atoms with Gasteiger partial charge in [0.1, 0.15) is 35.2 Å². The molecule has 0 amide bonds. The second-order valence-electron chi connectivity index (χ2n) is 10.3. The SMILES string of the molecule is CCCCCOc1ccc(C(=O)COc2c(CO)ccc3c2CCC(C)(C)O3)c(OCc2ccccc2)c1. The van der Waals surface area contributed by atoms with Crippen molar-refractivity contribution < 1.29 is 28.8 Å². The largest absolute Gasteiger partial charge is 0.493 e. The van der Waals surface area contributed by atoms with Crippen molar-refractivity contribution in [2.24, 2.45) is 0 Å². The summed E-state index contributed by atoms with van der Waals surface area (Å²) in [6, 6.07) is 18.8. The Kier molecular flexibility index (Phi) is 9.29. The smallest absolute Gasteiger partial charge is 0.203 e. The fourth-order valence-electron chi connectivity index (χ4n) is 4.50. The van der Waals surface area contributed by atoms with Crippen LogP contribution in [0.3, 0.4) is 0 Å². The van der Waals surface area contributed by atoms with Gasteiger partial charge in [-0.3, -0.25) is 4.79 Å². The predicted molar refractivity (Wildman–Crippen MR) is 147 cm³/mol. The Bertz CT molecular complexity index is 1220. The topological polar surface area (TPSA) is 74.2 Å². The molecule has 0 spiro atoms. The first-order valence-corrected chi connectivity index (χ1v) is 13.4. The Labute approximate surface area is 225 Å². The molecule has 0 bridgehead atoms. The Morgan fingerprint density at radius 1 is 1.00 bits per heavy atom. The van der Waals surface area contributed by atoms with Gasteiger partial charge in [-0.25, -0.2) is 0 Å². The van der Waals surface area contributed by atoms with Crippen molar-refractivity contribution in [3.05, 3.63) is 82.9 Å². The van der Waals surface area contributed by atoms with Gasteiger partial charge in [0, 0.05) is 17.2 Å². The number of rotatable bonds is 13. The number of aliphatic hydroxyl groups excluding tert-OH is 1. The summed E-state index contributed by atoms with van der Waals surface area (Å²) in [4.78, 5) is 13.4. The summed E-state index contributed by atoms with van der Waals surface area (Å²) in [5, 5.41) is 9.92. The molecule has 0 fully saturated rings. The van der Waals surface area contributed by atoms with Gasteiger partial charge >= 0.3 is 0 Å². The number of unbranched alkanes of at least 4 members (excludes halogenated alkanes) is 2. The Morgan fingerprint density at radius 2 is 1.82 bits per heavy atom. The molecule has 0 radical (unpaired) electrons. The monoisotopic (exact) mass is 518 g/mol. The van der Waals surface area contributed by atoms with Crippen LogP contribution in [-0.2, 0) is 19.6 Å². The summed E-state index contributed by atoms with van der Waals surface area (Å²) in [6.07, 6.45) is 4.76. The summed E-state index contributed by atoms with van der Waals surface area (Å²) in [7, 11) is 0. The molecule has 3 aromatic rings. The fraction of sp³-hybridized carbons (Fsp3) is 0.406. The molecule has 0 atom stereocenters. The van der Waals surface area contributed by atoms with Crippen LogP contribution in [0.25, 0.3) is 0 Å². The molecule has 0 aromatic heterocycles. The number of fused-ring (bicyclic) bond motifs is 1. The van der Waals surface area contributed by atoms with Crippen LogP contribution in [0.15, 0.2) is 60.7 Å². The third-order valence-electron chi connectivity index (χ3n) is 6.69. The first-order chi connectivity index (χ1) is 18.4. The van der Waals surface area contributed by atoms with E-state index < -0.39 is 0 Å². The van der Waals surface area contributed by atoms with Crippen molar-refractivity contribution in [1.82, 2.24) is 0 Å². The van der Waals surface area contributed by atoms with Crippen molar-refractivity contribution in [1.29, 1.82) is 0 Å². The minimum absolute atomic E-state index is 0.185. The summed E-state index contributed by atoms with van der Waals surface area (Å²) < 4.78 is 24.2. The molecule has 1 aliphatic heterocycles. The van der Waals surface area contributed by atoms with E-state index in [1.54, 1.807) is 24.3 Å². The number of carbonyl (C=O) groups is 1. The van der Waals surface area contributed by atoms with E-state index in [0.717, 1.165) is 49.0 Å². The highest BCUT2D eigenvalue weighted by Crippen LogP contribution is 2.40. The molecular weight excluding hydrogens is 480 g/mol. The maximum absolute atomic E-state index is 13.4. The standard InChI is InChI=1S/C32H38O6/c1-4-5-9-18-35-25-13-14-26(30(19-25)36-21-23-10-7-6-8-11-23)28(34)22-37-31-24(20-33)12-15-29-27(31)16-17-32(2,3)38-29/h6-8,10-15,19,33H,4-5,9,16-18,20-22H2,1-3H3. The second-order valence-corrected chi connectivity index (χ2v) is 10.3. The zero-order chi connectivity index (χ0) is 27.0. The first kappa shape index (κ1) is 27.5. The molecular formula is C32H38O6. The van der Waals surface area contributed by atoms with Crippen LogP contribution >= 0.6 is 0 Å². The number of carbonyl (C=O) groups excluding carboxylic acids is 1. The van der Waals surface area contributed by atoms with E-state index in [0.29, 0.717) is 41.6 Å². The highest BCUT2D eigenvalue weighted by Gasteiger charge is 2.30. The van der Waals surface area contributed by atoms with Crippen molar-refractivity contribution in [3.63, 3.8) is 0 Å². The number of ether oxygens (including phenoxy) is 4. The molecule has 1 heterocycles. The third-order valence-corrected chi connectivity index (χ3v) is 6.69. The molecule has 1 N–H and O–H groups in total. The van der Waals surface area contributed by atoms with Crippen molar-refractivity contribution in [2.45, 2.75) is 71.7 Å². The Balaban J connectivity index is 1.53. The maximum atomic E-state index is 13.4. The van der Waals surface area contributed by atoms with Crippen molar-refractivity contribution in [2.75, 3.05) is 13.2 Å². The van der Waals surface area contributed by atoms with E-state index >= 15 is 0 Å². The lowest BCUT2D eigenvalue weighted by Gasteiger charge is -2.33. The summed E-state index contributed by atoms with van der Waals surface area (Å²) in [5.74, 6) is 2.16. The number of Topliss-reactive ketones (excluding diaryl/α,β-unsaturated/α-hetero) is 1. The predicted octanol–water partition coefficient (Wildman–Crippen LogP) is 6.69. The molecule has 0 aliphatic carbocycles. The van der Waals surface area contributed by atoms with Gasteiger partial charge in [-0.2, -0.15) is 0 Å². The second kappa shape index (κ2) is 12.8. The minimum Gasteiger partial charge on any atom is -0.493 e. The van der Waals surface area contributed by atoms with Crippen LogP contribution in [0.2, 0.25) is 0 Å². The highest BCUT2D eigenvalue weighted by molar-refractivity contribution is 6.00. The zero-order valence-corrected chi connectivity index (χ0v) is 22.6. The number of hydrogen-bond acceptors (Lipinski definition) is 6. The van der Waals surface area contributed by atoms with Crippen LogP contribution in [0.1, 0.15) is 73.5 Å². The average molecular weight is 519 g/mol. The zero-order valence-electron chi connectivity index (χ0n) is 22.6. The van der Waals surface area contributed by atoms with Gasteiger partial charge < -0.3 is 24.1 Å². The molecule has 3 aromatic carbocycles. The van der Waals surface area contributed by atoms with E-state index in [4.69, 9.17) is 18.9 Å². The molecule has 0 saturated heterocycles. The number of benzene rings is 3. The first-order valence-electron chi connectivity index (χ1n) is 13.4. The van der Waals surface area contributed by atoms with Crippen molar-refractivity contribution in [3.8, 4) is 23.0 Å². The van der Waals surface area contributed by atoms with Gasteiger partial charge in [-0.05, 0) is 62.9 Å². The van der Waals surface area contributed by atoms with E-state index in [2.05, 4.69) is 6.92 Å². The van der Waals surface area contributed by atoms with Crippen LogP contribution in [-0.4, -0.2) is 29.7 Å². The normalized spacial score (nSPS) is 13.8. The molecule has 0 saturated carbocycles. The van der Waals surface area contributed by atoms with Gasteiger partial charge in [0.05, 0.1) is 18.8 Å². The molecule has 0 unspecified atom stereocenters. The molecule has 1 aliphatic rings. The average Bonchev–Trinajstić information content (AvgIpc) is 2.92. The maximum Gasteiger partial charge on any atom is 0.203 e. The van der Waals surface area contributed by atoms with Gasteiger partial charge in [-0.15, -0.1) is 0 Å². The van der Waals surface area contributed by atoms with Gasteiger partial charge in [0.2, 0.25) is 5.78 Å².